The highest BCUT2D eigenvalue weighted by atomic mass is 19.2. The van der Waals surface area contributed by atoms with Gasteiger partial charge >= 0.3 is 5.63 Å². The number of unbranched alkanes of at least 4 members (excludes halogenated alkanes) is 1. The van der Waals surface area contributed by atoms with Crippen molar-refractivity contribution in [3.05, 3.63) is 88.0 Å². The summed E-state index contributed by atoms with van der Waals surface area (Å²) in [7, 11) is 0. The number of halogens is 3. The van der Waals surface area contributed by atoms with Crippen molar-refractivity contribution >= 4 is 10.8 Å². The standard InChI is InChI=1S/C26H21F3O3/c1-3-4-13-31-20-12-9-17-14-21(32-26(30)22(17)25(20)29)19-11-10-18(23(27)24(19)28)16-7-5-15(2)6-8-16/h5-12,14H,3-4,13H2,1-2H3. The maximum atomic E-state index is 14.9. The van der Waals surface area contributed by atoms with Gasteiger partial charge in [-0.3, -0.25) is 0 Å². The highest BCUT2D eigenvalue weighted by Crippen LogP contribution is 2.33. The molecule has 0 saturated carbocycles. The van der Waals surface area contributed by atoms with E-state index in [4.69, 9.17) is 9.15 Å². The van der Waals surface area contributed by atoms with E-state index in [1.54, 1.807) is 24.3 Å². The number of rotatable bonds is 6. The van der Waals surface area contributed by atoms with E-state index in [0.717, 1.165) is 18.4 Å². The van der Waals surface area contributed by atoms with Crippen LogP contribution in [0.2, 0.25) is 0 Å². The molecule has 0 bridgehead atoms. The van der Waals surface area contributed by atoms with Gasteiger partial charge in [0, 0.05) is 5.56 Å². The van der Waals surface area contributed by atoms with Gasteiger partial charge in [0.25, 0.3) is 0 Å². The molecule has 3 nitrogen and oxygen atoms in total. The van der Waals surface area contributed by atoms with Gasteiger partial charge in [0.2, 0.25) is 0 Å². The van der Waals surface area contributed by atoms with E-state index in [1.165, 1.54) is 30.3 Å². The van der Waals surface area contributed by atoms with Crippen molar-refractivity contribution in [2.75, 3.05) is 6.61 Å². The summed E-state index contributed by atoms with van der Waals surface area (Å²) in [6.45, 7) is 4.19. The fourth-order valence-corrected chi connectivity index (χ4v) is 3.49. The summed E-state index contributed by atoms with van der Waals surface area (Å²) in [4.78, 5) is 12.5. The van der Waals surface area contributed by atoms with Gasteiger partial charge in [-0.25, -0.2) is 18.0 Å². The summed E-state index contributed by atoms with van der Waals surface area (Å²) in [6.07, 6.45) is 1.62. The van der Waals surface area contributed by atoms with Crippen LogP contribution in [0, 0.1) is 24.4 Å². The Hall–Kier alpha value is -3.54. The van der Waals surface area contributed by atoms with Crippen molar-refractivity contribution in [3.63, 3.8) is 0 Å². The average Bonchev–Trinajstić information content (AvgIpc) is 2.77. The summed E-state index contributed by atoms with van der Waals surface area (Å²) in [5.41, 5.74) is 0.403. The number of fused-ring (bicyclic) bond motifs is 1. The van der Waals surface area contributed by atoms with Crippen molar-refractivity contribution in [3.8, 4) is 28.2 Å². The van der Waals surface area contributed by atoms with E-state index in [2.05, 4.69) is 0 Å². The summed E-state index contributed by atoms with van der Waals surface area (Å²) in [5.74, 6) is -3.27. The first-order valence-electron chi connectivity index (χ1n) is 10.3. The topological polar surface area (TPSA) is 39.4 Å². The average molecular weight is 438 g/mol. The number of hydrogen-bond acceptors (Lipinski definition) is 3. The zero-order valence-corrected chi connectivity index (χ0v) is 17.7. The first kappa shape index (κ1) is 21.7. The van der Waals surface area contributed by atoms with Gasteiger partial charge in [-0.05, 0) is 42.5 Å². The van der Waals surface area contributed by atoms with Gasteiger partial charge in [-0.1, -0.05) is 55.3 Å². The Bertz CT molecular complexity index is 1340. The highest BCUT2D eigenvalue weighted by Gasteiger charge is 2.20. The fraction of sp³-hybridized carbons (Fsp3) is 0.192. The lowest BCUT2D eigenvalue weighted by molar-refractivity contribution is 0.295. The molecule has 32 heavy (non-hydrogen) atoms. The third kappa shape index (κ3) is 4.00. The van der Waals surface area contributed by atoms with Gasteiger partial charge < -0.3 is 9.15 Å². The van der Waals surface area contributed by atoms with Crippen molar-refractivity contribution in [1.82, 2.24) is 0 Å². The Morgan fingerprint density at radius 2 is 1.56 bits per heavy atom. The molecule has 6 heteroatoms. The molecule has 164 valence electrons. The van der Waals surface area contributed by atoms with Crippen molar-refractivity contribution in [2.45, 2.75) is 26.7 Å². The molecule has 0 spiro atoms. The van der Waals surface area contributed by atoms with E-state index in [-0.39, 0.29) is 33.4 Å². The van der Waals surface area contributed by atoms with Crippen molar-refractivity contribution < 1.29 is 22.3 Å². The number of benzene rings is 3. The Morgan fingerprint density at radius 3 is 2.28 bits per heavy atom. The molecule has 0 N–H and O–H groups in total. The second-order valence-electron chi connectivity index (χ2n) is 7.60. The van der Waals surface area contributed by atoms with Gasteiger partial charge in [0.15, 0.2) is 23.2 Å². The van der Waals surface area contributed by atoms with Crippen LogP contribution in [-0.2, 0) is 0 Å². The third-order valence-electron chi connectivity index (χ3n) is 5.30. The molecule has 4 rings (SSSR count). The predicted molar refractivity (Wildman–Crippen MR) is 118 cm³/mol. The van der Waals surface area contributed by atoms with E-state index in [1.807, 2.05) is 13.8 Å². The maximum Gasteiger partial charge on any atom is 0.347 e. The van der Waals surface area contributed by atoms with Gasteiger partial charge in [-0.15, -0.1) is 0 Å². The molecule has 1 heterocycles. The molecule has 3 aromatic carbocycles. The summed E-state index contributed by atoms with van der Waals surface area (Å²) in [6, 6.07) is 14.0. The Balaban J connectivity index is 1.77. The normalized spacial score (nSPS) is 11.2. The molecule has 0 unspecified atom stereocenters. The van der Waals surface area contributed by atoms with Gasteiger partial charge in [-0.2, -0.15) is 0 Å². The van der Waals surface area contributed by atoms with Crippen LogP contribution in [0.4, 0.5) is 13.2 Å². The highest BCUT2D eigenvalue weighted by molar-refractivity contribution is 5.86. The van der Waals surface area contributed by atoms with E-state index in [9.17, 15) is 18.0 Å². The molecule has 1 aromatic heterocycles. The quantitative estimate of drug-likeness (QED) is 0.303. The van der Waals surface area contributed by atoms with Crippen molar-refractivity contribution in [2.24, 2.45) is 0 Å². The van der Waals surface area contributed by atoms with Crippen LogP contribution >= 0.6 is 0 Å². The predicted octanol–water partition coefficient (Wildman–Crippen LogP) is 7.03. The maximum absolute atomic E-state index is 14.9. The van der Waals surface area contributed by atoms with Crippen LogP contribution in [-0.4, -0.2) is 6.61 Å². The van der Waals surface area contributed by atoms with Crippen LogP contribution in [0.5, 0.6) is 5.75 Å². The second kappa shape index (κ2) is 8.91. The minimum absolute atomic E-state index is 0.0503. The fourth-order valence-electron chi connectivity index (χ4n) is 3.49. The van der Waals surface area contributed by atoms with E-state index in [0.29, 0.717) is 12.2 Å². The van der Waals surface area contributed by atoms with Gasteiger partial charge in [0.1, 0.15) is 11.1 Å². The zero-order chi connectivity index (χ0) is 22.8. The third-order valence-corrected chi connectivity index (χ3v) is 5.30. The van der Waals surface area contributed by atoms with Gasteiger partial charge in [0.05, 0.1) is 12.2 Å². The van der Waals surface area contributed by atoms with E-state index < -0.39 is 23.1 Å². The SMILES string of the molecule is CCCCOc1ccc2cc(-c3ccc(-c4ccc(C)cc4)c(F)c3F)oc(=O)c2c1F. The van der Waals surface area contributed by atoms with Crippen LogP contribution < -0.4 is 10.4 Å². The van der Waals surface area contributed by atoms with Crippen LogP contribution in [0.15, 0.2) is 63.8 Å². The molecular weight excluding hydrogens is 417 g/mol. The van der Waals surface area contributed by atoms with Crippen LogP contribution in [0.1, 0.15) is 25.3 Å². The van der Waals surface area contributed by atoms with Crippen molar-refractivity contribution in [1.29, 1.82) is 0 Å². The summed E-state index contributed by atoms with van der Waals surface area (Å²) in [5, 5.41) is -0.0843. The molecule has 0 aliphatic rings. The molecule has 0 amide bonds. The Morgan fingerprint density at radius 1 is 0.875 bits per heavy atom. The monoisotopic (exact) mass is 438 g/mol. The molecule has 0 fully saturated rings. The molecule has 0 aliphatic carbocycles. The zero-order valence-electron chi connectivity index (χ0n) is 17.7. The number of aryl methyl sites for hydroxylation is 1. The molecular formula is C26H21F3O3. The lowest BCUT2D eigenvalue weighted by Gasteiger charge is -2.11. The number of hydrogen-bond donors (Lipinski definition) is 0. The first-order valence-corrected chi connectivity index (χ1v) is 10.3. The minimum atomic E-state index is -1.15. The molecule has 0 saturated heterocycles. The molecule has 0 aliphatic heterocycles. The van der Waals surface area contributed by atoms with E-state index >= 15 is 0 Å². The second-order valence-corrected chi connectivity index (χ2v) is 7.60. The Kier molecular flexibility index (Phi) is 6.04. The van der Waals surface area contributed by atoms with Crippen LogP contribution in [0.25, 0.3) is 33.2 Å². The summed E-state index contributed by atoms with van der Waals surface area (Å²) < 4.78 is 55.1. The lowest BCUT2D eigenvalue weighted by atomic mass is 10.00. The molecule has 0 radical (unpaired) electrons. The lowest BCUT2D eigenvalue weighted by Crippen LogP contribution is -2.06. The summed E-state index contributed by atoms with van der Waals surface area (Å²) >= 11 is 0. The minimum Gasteiger partial charge on any atom is -0.490 e. The first-order chi connectivity index (χ1) is 15.4. The Labute approximate surface area is 183 Å². The smallest absolute Gasteiger partial charge is 0.347 e. The molecule has 0 atom stereocenters. The number of ether oxygens (including phenoxy) is 1. The molecule has 4 aromatic rings. The largest absolute Gasteiger partial charge is 0.490 e. The van der Waals surface area contributed by atoms with Crippen LogP contribution in [0.3, 0.4) is 0 Å².